The summed E-state index contributed by atoms with van der Waals surface area (Å²) < 4.78 is 16.2. The molecule has 0 aromatic heterocycles. The van der Waals surface area contributed by atoms with Gasteiger partial charge in [-0.2, -0.15) is 0 Å². The third kappa shape index (κ3) is 2.70. The normalized spacial score (nSPS) is 31.9. The summed E-state index contributed by atoms with van der Waals surface area (Å²) in [6, 6.07) is 0.725. The molecule has 2 aliphatic rings. The van der Waals surface area contributed by atoms with Crippen LogP contribution in [-0.2, 0) is 18.1 Å². The molecule has 0 amide bonds. The topological polar surface area (TPSA) is 65.0 Å². The van der Waals surface area contributed by atoms with E-state index in [0.29, 0.717) is 5.92 Å². The number of carbonyl (C=O) groups is 1. The minimum Gasteiger partial charge on any atom is -0.481 e. The van der Waals surface area contributed by atoms with E-state index in [2.05, 4.69) is 12.2 Å². The van der Waals surface area contributed by atoms with Crippen LogP contribution in [0.1, 0.15) is 25.7 Å². The molecule has 1 saturated carbocycles. The van der Waals surface area contributed by atoms with Gasteiger partial charge in [-0.15, -0.1) is 0 Å². The SMILES string of the molecule is CO[Si](CCCC12C=CC(CC1C(=O)O)C2)(OC)OC. The lowest BCUT2D eigenvalue weighted by Crippen LogP contribution is -2.43. The van der Waals surface area contributed by atoms with E-state index < -0.39 is 14.8 Å². The highest BCUT2D eigenvalue weighted by molar-refractivity contribution is 6.60. The predicted molar refractivity (Wildman–Crippen MR) is 76.2 cm³/mol. The van der Waals surface area contributed by atoms with Crippen LogP contribution >= 0.6 is 0 Å². The number of carboxylic acid groups (broad SMARTS) is 1. The fraction of sp³-hybridized carbons (Fsp3) is 0.786. The van der Waals surface area contributed by atoms with Crippen molar-refractivity contribution in [2.45, 2.75) is 31.7 Å². The summed E-state index contributed by atoms with van der Waals surface area (Å²) in [7, 11) is 2.29. The quantitative estimate of drug-likeness (QED) is 0.550. The van der Waals surface area contributed by atoms with Crippen molar-refractivity contribution < 1.29 is 23.2 Å². The second-order valence-corrected chi connectivity index (χ2v) is 8.92. The second-order valence-electron chi connectivity index (χ2n) is 5.83. The molecule has 2 aliphatic carbocycles. The summed E-state index contributed by atoms with van der Waals surface area (Å²) in [5.41, 5.74) is -0.161. The Morgan fingerprint density at radius 1 is 1.35 bits per heavy atom. The number of fused-ring (bicyclic) bond motifs is 2. The summed E-state index contributed by atoms with van der Waals surface area (Å²) in [5.74, 6) is -0.447. The molecule has 0 heterocycles. The third-order valence-electron chi connectivity index (χ3n) is 4.93. The first kappa shape index (κ1) is 15.7. The van der Waals surface area contributed by atoms with Crippen molar-refractivity contribution >= 4 is 14.8 Å². The molecule has 3 atom stereocenters. The van der Waals surface area contributed by atoms with Crippen LogP contribution in [0.5, 0.6) is 0 Å². The summed E-state index contributed by atoms with van der Waals surface area (Å²) in [5, 5.41) is 9.40. The highest BCUT2D eigenvalue weighted by atomic mass is 28.4. The number of rotatable bonds is 8. The van der Waals surface area contributed by atoms with Gasteiger partial charge in [-0.3, -0.25) is 4.79 Å². The van der Waals surface area contributed by atoms with Crippen molar-refractivity contribution in [1.29, 1.82) is 0 Å². The minimum atomic E-state index is -2.54. The number of hydrogen-bond acceptors (Lipinski definition) is 4. The van der Waals surface area contributed by atoms with Crippen LogP contribution in [0.25, 0.3) is 0 Å². The fourth-order valence-corrected chi connectivity index (χ4v) is 5.53. The third-order valence-corrected chi connectivity index (χ3v) is 7.76. The van der Waals surface area contributed by atoms with Crippen LogP contribution in [0.15, 0.2) is 12.2 Å². The van der Waals surface area contributed by atoms with Crippen LogP contribution in [0.3, 0.4) is 0 Å². The van der Waals surface area contributed by atoms with Gasteiger partial charge in [-0.1, -0.05) is 12.2 Å². The molecule has 1 N–H and O–H groups in total. The Bertz CT molecular complexity index is 385. The van der Waals surface area contributed by atoms with E-state index in [-0.39, 0.29) is 11.3 Å². The molecular weight excluding hydrogens is 276 g/mol. The van der Waals surface area contributed by atoms with Gasteiger partial charge in [0.25, 0.3) is 0 Å². The first-order chi connectivity index (χ1) is 9.51. The zero-order valence-corrected chi connectivity index (χ0v) is 13.4. The Labute approximate surface area is 121 Å². The first-order valence-corrected chi connectivity index (χ1v) is 9.01. The van der Waals surface area contributed by atoms with Crippen LogP contribution in [0.4, 0.5) is 0 Å². The van der Waals surface area contributed by atoms with Crippen LogP contribution in [0.2, 0.25) is 6.04 Å². The summed E-state index contributed by atoms with van der Waals surface area (Å²) in [4.78, 5) is 11.4. The van der Waals surface area contributed by atoms with Gasteiger partial charge in [-0.05, 0) is 31.6 Å². The van der Waals surface area contributed by atoms with Crippen molar-refractivity contribution in [3.05, 3.63) is 12.2 Å². The average molecular weight is 300 g/mol. The lowest BCUT2D eigenvalue weighted by atomic mass is 9.75. The molecule has 0 aliphatic heterocycles. The van der Waals surface area contributed by atoms with E-state index in [1.165, 1.54) is 0 Å². The molecular formula is C14H24O5Si. The molecule has 5 nitrogen and oxygen atoms in total. The molecule has 6 heteroatoms. The van der Waals surface area contributed by atoms with E-state index in [9.17, 15) is 9.90 Å². The maximum Gasteiger partial charge on any atom is 0.500 e. The molecule has 0 spiro atoms. The van der Waals surface area contributed by atoms with E-state index in [4.69, 9.17) is 13.3 Å². The minimum absolute atomic E-state index is 0.161. The van der Waals surface area contributed by atoms with Gasteiger partial charge in [-0.25, -0.2) is 0 Å². The van der Waals surface area contributed by atoms with E-state index in [0.717, 1.165) is 31.7 Å². The van der Waals surface area contributed by atoms with Crippen molar-refractivity contribution in [1.82, 2.24) is 0 Å². The highest BCUT2D eigenvalue weighted by Crippen LogP contribution is 2.56. The van der Waals surface area contributed by atoms with Gasteiger partial charge in [0.05, 0.1) is 5.92 Å². The van der Waals surface area contributed by atoms with E-state index >= 15 is 0 Å². The lowest BCUT2D eigenvalue weighted by molar-refractivity contribution is -0.144. The fourth-order valence-electron chi connectivity index (χ4n) is 3.81. The number of carboxylic acids is 1. The number of hydrogen-bond donors (Lipinski definition) is 1. The summed E-state index contributed by atoms with van der Waals surface area (Å²) in [6.45, 7) is 0. The Morgan fingerprint density at radius 3 is 2.50 bits per heavy atom. The van der Waals surface area contributed by atoms with Crippen molar-refractivity contribution in [3.8, 4) is 0 Å². The van der Waals surface area contributed by atoms with Gasteiger partial charge in [0.15, 0.2) is 0 Å². The number of aliphatic carboxylic acids is 1. The van der Waals surface area contributed by atoms with Crippen molar-refractivity contribution in [2.75, 3.05) is 21.3 Å². The first-order valence-electron chi connectivity index (χ1n) is 7.08. The number of allylic oxidation sites excluding steroid dienone is 2. The molecule has 0 radical (unpaired) electrons. The maximum absolute atomic E-state index is 11.4. The van der Waals surface area contributed by atoms with Crippen LogP contribution in [-0.4, -0.2) is 41.2 Å². The molecule has 1 fully saturated rings. The standard InChI is InChI=1S/C14H24O5Si/c1-17-20(18-2,19-3)8-4-6-14-7-5-11(10-14)9-12(14)13(15)16/h5,7,11-12H,4,6,8-10H2,1-3H3,(H,15,16). The summed E-state index contributed by atoms with van der Waals surface area (Å²) in [6.07, 6.45) is 7.81. The van der Waals surface area contributed by atoms with Gasteiger partial charge in [0.2, 0.25) is 0 Å². The Hall–Kier alpha value is -0.693. The zero-order chi connectivity index (χ0) is 14.8. The summed E-state index contributed by atoms with van der Waals surface area (Å²) >= 11 is 0. The molecule has 2 bridgehead atoms. The lowest BCUT2D eigenvalue weighted by Gasteiger charge is -2.31. The molecule has 114 valence electrons. The Balaban J connectivity index is 1.96. The zero-order valence-electron chi connectivity index (χ0n) is 12.4. The Morgan fingerprint density at radius 2 is 2.00 bits per heavy atom. The van der Waals surface area contributed by atoms with Crippen LogP contribution in [0, 0.1) is 17.3 Å². The van der Waals surface area contributed by atoms with Crippen LogP contribution < -0.4 is 0 Å². The van der Waals surface area contributed by atoms with E-state index in [1.807, 2.05) is 0 Å². The van der Waals surface area contributed by atoms with Crippen molar-refractivity contribution in [2.24, 2.45) is 17.3 Å². The monoisotopic (exact) mass is 300 g/mol. The maximum atomic E-state index is 11.4. The largest absolute Gasteiger partial charge is 0.500 e. The molecule has 0 saturated heterocycles. The van der Waals surface area contributed by atoms with Gasteiger partial charge in [0, 0.05) is 32.8 Å². The van der Waals surface area contributed by atoms with E-state index in [1.54, 1.807) is 21.3 Å². The molecule has 0 aromatic rings. The molecule has 3 unspecified atom stereocenters. The predicted octanol–water partition coefficient (Wildman–Crippen LogP) is 2.31. The average Bonchev–Trinajstić information content (AvgIpc) is 3.02. The second kappa shape index (κ2) is 5.97. The van der Waals surface area contributed by atoms with Gasteiger partial charge >= 0.3 is 14.8 Å². The van der Waals surface area contributed by atoms with Gasteiger partial charge in [0.1, 0.15) is 0 Å². The smallest absolute Gasteiger partial charge is 0.481 e. The van der Waals surface area contributed by atoms with Crippen molar-refractivity contribution in [3.63, 3.8) is 0 Å². The van der Waals surface area contributed by atoms with Gasteiger partial charge < -0.3 is 18.4 Å². The molecule has 2 rings (SSSR count). The molecule has 0 aromatic carbocycles. The Kier molecular flexibility index (Phi) is 4.68. The molecule has 20 heavy (non-hydrogen) atoms. The highest BCUT2D eigenvalue weighted by Gasteiger charge is 2.52.